The summed E-state index contributed by atoms with van der Waals surface area (Å²) in [6, 6.07) is 45.8. The van der Waals surface area contributed by atoms with E-state index in [4.69, 9.17) is 18.8 Å². The Morgan fingerprint density at radius 3 is 1.19 bits per heavy atom. The molecule has 0 aliphatic carbocycles. The highest BCUT2D eigenvalue weighted by molar-refractivity contribution is 6.17. The molecular formula is C41H21N5O2. The Bertz CT molecular complexity index is 2890. The third-order valence-corrected chi connectivity index (χ3v) is 9.63. The topological polar surface area (TPSA) is 85.7 Å². The van der Waals surface area contributed by atoms with Crippen LogP contribution in [0.2, 0.25) is 0 Å². The predicted molar refractivity (Wildman–Crippen MR) is 190 cm³/mol. The van der Waals surface area contributed by atoms with E-state index in [1.165, 1.54) is 0 Å². The van der Waals surface area contributed by atoms with E-state index < -0.39 is 0 Å². The van der Waals surface area contributed by atoms with Gasteiger partial charge in [0.05, 0.1) is 22.1 Å². The summed E-state index contributed by atoms with van der Waals surface area (Å²) >= 11 is 0. The number of nitrogens with zero attached hydrogens (tertiary/aromatic N) is 5. The largest absolute Gasteiger partial charge is 0.436 e. The average molecular weight is 616 g/mol. The SMILES string of the molecule is N#Cc1c2oc3nc(-n4c5ccccc5c5ccccc54)ccc3c2cc2c1oc1nc(-n3c4ccccc4c4ccccc43)ccc12. The van der Waals surface area contributed by atoms with Gasteiger partial charge in [-0.1, -0.05) is 72.8 Å². The van der Waals surface area contributed by atoms with Crippen molar-refractivity contribution in [3.05, 3.63) is 133 Å². The van der Waals surface area contributed by atoms with Crippen LogP contribution in [0.4, 0.5) is 0 Å². The molecule has 0 bridgehead atoms. The van der Waals surface area contributed by atoms with Crippen molar-refractivity contribution in [2.75, 3.05) is 0 Å². The number of hydrogen-bond donors (Lipinski definition) is 0. The minimum absolute atomic E-state index is 0.329. The molecule has 0 atom stereocenters. The summed E-state index contributed by atoms with van der Waals surface area (Å²) in [6.07, 6.45) is 0. The second-order valence-corrected chi connectivity index (χ2v) is 12.1. The summed E-state index contributed by atoms with van der Waals surface area (Å²) in [5, 5.41) is 18.4. The summed E-state index contributed by atoms with van der Waals surface area (Å²) in [6.45, 7) is 0. The number of benzene rings is 5. The van der Waals surface area contributed by atoms with E-state index in [2.05, 4.69) is 88.0 Å². The molecule has 48 heavy (non-hydrogen) atoms. The maximum absolute atomic E-state index is 10.4. The van der Waals surface area contributed by atoms with Crippen LogP contribution in [0.15, 0.2) is 136 Å². The molecule has 7 heteroatoms. The molecule has 0 N–H and O–H groups in total. The fourth-order valence-corrected chi connectivity index (χ4v) is 7.57. The van der Waals surface area contributed by atoms with E-state index in [1.54, 1.807) is 0 Å². The molecule has 0 radical (unpaired) electrons. The van der Waals surface area contributed by atoms with E-state index in [0.29, 0.717) is 28.2 Å². The number of aromatic nitrogens is 4. The number of para-hydroxylation sites is 4. The van der Waals surface area contributed by atoms with Crippen LogP contribution >= 0.6 is 0 Å². The maximum atomic E-state index is 10.4. The third-order valence-electron chi connectivity index (χ3n) is 9.63. The first-order valence-corrected chi connectivity index (χ1v) is 15.7. The molecule has 0 spiro atoms. The van der Waals surface area contributed by atoms with Crippen LogP contribution in [0.25, 0.3) is 99.4 Å². The van der Waals surface area contributed by atoms with E-state index in [-0.39, 0.29) is 0 Å². The molecule has 0 unspecified atom stereocenters. The molecule has 11 aromatic rings. The van der Waals surface area contributed by atoms with E-state index >= 15 is 0 Å². The van der Waals surface area contributed by atoms with Crippen molar-refractivity contribution >= 4 is 87.7 Å². The first-order valence-electron chi connectivity index (χ1n) is 15.7. The normalized spacial score (nSPS) is 12.1. The molecule has 11 rings (SSSR count). The molecule has 6 aromatic heterocycles. The lowest BCUT2D eigenvalue weighted by Gasteiger charge is -2.06. The number of furan rings is 2. The number of pyridine rings is 2. The molecule has 0 aliphatic rings. The lowest BCUT2D eigenvalue weighted by Crippen LogP contribution is -1.96. The molecule has 0 fully saturated rings. The van der Waals surface area contributed by atoms with Crippen molar-refractivity contribution in [2.45, 2.75) is 0 Å². The van der Waals surface area contributed by atoms with Gasteiger partial charge in [0.1, 0.15) is 23.3 Å². The molecule has 5 aromatic carbocycles. The zero-order chi connectivity index (χ0) is 31.5. The average Bonchev–Trinajstić information content (AvgIpc) is 3.87. The molecule has 222 valence electrons. The standard InChI is InChI=1S/C41H21N5O2/c42-22-31-38-29(27-17-19-36(43-40(27)47-38)45-32-13-5-1-9-23(32)24-10-2-6-14-33(24)45)21-30-28-18-20-37(44-41(28)48-39(30)31)46-34-15-7-3-11-25(34)26-12-4-8-16-35(26)46/h1-21H. The van der Waals surface area contributed by atoms with Crippen LogP contribution in [0, 0.1) is 11.3 Å². The second kappa shape index (κ2) is 9.09. The fraction of sp³-hybridized carbons (Fsp3) is 0. The first-order chi connectivity index (χ1) is 23.8. The third kappa shape index (κ3) is 3.20. The van der Waals surface area contributed by atoms with E-state index in [0.717, 1.165) is 76.8 Å². The Morgan fingerprint density at radius 2 is 0.812 bits per heavy atom. The monoisotopic (exact) mass is 615 g/mol. The van der Waals surface area contributed by atoms with Gasteiger partial charge < -0.3 is 8.83 Å². The van der Waals surface area contributed by atoms with Crippen molar-refractivity contribution in [2.24, 2.45) is 0 Å². The zero-order valence-electron chi connectivity index (χ0n) is 25.2. The number of hydrogen-bond acceptors (Lipinski definition) is 5. The Balaban J connectivity index is 1.13. The van der Waals surface area contributed by atoms with Crippen LogP contribution < -0.4 is 0 Å². The first kappa shape index (κ1) is 25.3. The van der Waals surface area contributed by atoms with Crippen molar-refractivity contribution in [1.29, 1.82) is 5.26 Å². The van der Waals surface area contributed by atoms with Gasteiger partial charge in [0.15, 0.2) is 11.2 Å². The summed E-state index contributed by atoms with van der Waals surface area (Å²) in [7, 11) is 0. The van der Waals surface area contributed by atoms with Gasteiger partial charge in [-0.15, -0.1) is 0 Å². The molecule has 6 heterocycles. The highest BCUT2D eigenvalue weighted by Crippen LogP contribution is 2.40. The highest BCUT2D eigenvalue weighted by atomic mass is 16.4. The highest BCUT2D eigenvalue weighted by Gasteiger charge is 2.23. The summed E-state index contributed by atoms with van der Waals surface area (Å²) in [5.41, 5.74) is 6.42. The summed E-state index contributed by atoms with van der Waals surface area (Å²) in [5.74, 6) is 1.49. The van der Waals surface area contributed by atoms with Gasteiger partial charge in [0, 0.05) is 43.1 Å². The Kier molecular flexibility index (Phi) is 4.79. The van der Waals surface area contributed by atoms with Crippen molar-refractivity contribution in [1.82, 2.24) is 19.1 Å². The number of nitriles is 1. The smallest absolute Gasteiger partial charge is 0.229 e. The minimum atomic E-state index is 0.329. The molecule has 0 saturated heterocycles. The number of rotatable bonds is 2. The quantitative estimate of drug-likeness (QED) is 0.193. The minimum Gasteiger partial charge on any atom is -0.436 e. The van der Waals surface area contributed by atoms with E-state index in [9.17, 15) is 5.26 Å². The predicted octanol–water partition coefficient (Wildman–Crippen LogP) is 10.3. The molecule has 0 amide bonds. The van der Waals surface area contributed by atoms with Gasteiger partial charge in [-0.2, -0.15) is 15.2 Å². The maximum Gasteiger partial charge on any atom is 0.229 e. The van der Waals surface area contributed by atoms with Gasteiger partial charge >= 0.3 is 0 Å². The summed E-state index contributed by atoms with van der Waals surface area (Å²) < 4.78 is 17.1. The van der Waals surface area contributed by atoms with Crippen LogP contribution in [-0.4, -0.2) is 19.1 Å². The molecule has 0 saturated carbocycles. The lowest BCUT2D eigenvalue weighted by molar-refractivity contribution is 0.639. The Hall–Kier alpha value is -6.91. The van der Waals surface area contributed by atoms with Crippen LogP contribution in [0.1, 0.15) is 5.56 Å². The van der Waals surface area contributed by atoms with Gasteiger partial charge in [-0.3, -0.25) is 9.13 Å². The van der Waals surface area contributed by atoms with Gasteiger partial charge in [-0.05, 0) is 54.6 Å². The Labute approximate surface area is 271 Å². The van der Waals surface area contributed by atoms with Crippen LogP contribution in [0.3, 0.4) is 0 Å². The fourth-order valence-electron chi connectivity index (χ4n) is 7.57. The second-order valence-electron chi connectivity index (χ2n) is 12.1. The van der Waals surface area contributed by atoms with Crippen molar-refractivity contribution < 1.29 is 8.83 Å². The van der Waals surface area contributed by atoms with Gasteiger partial charge in [0.2, 0.25) is 11.4 Å². The van der Waals surface area contributed by atoms with Gasteiger partial charge in [-0.25, -0.2) is 0 Å². The van der Waals surface area contributed by atoms with Crippen LogP contribution in [0.5, 0.6) is 0 Å². The van der Waals surface area contributed by atoms with Crippen molar-refractivity contribution in [3.63, 3.8) is 0 Å². The Morgan fingerprint density at radius 1 is 0.438 bits per heavy atom. The molecular weight excluding hydrogens is 594 g/mol. The molecule has 7 nitrogen and oxygen atoms in total. The zero-order valence-corrected chi connectivity index (χ0v) is 25.2. The van der Waals surface area contributed by atoms with E-state index in [1.807, 2.05) is 54.6 Å². The van der Waals surface area contributed by atoms with Gasteiger partial charge in [0.25, 0.3) is 0 Å². The summed E-state index contributed by atoms with van der Waals surface area (Å²) in [4.78, 5) is 10.00. The lowest BCUT2D eigenvalue weighted by atomic mass is 10.1. The van der Waals surface area contributed by atoms with Crippen molar-refractivity contribution in [3.8, 4) is 17.7 Å². The number of fused-ring (bicyclic) bond motifs is 12. The molecule has 0 aliphatic heterocycles. The van der Waals surface area contributed by atoms with Crippen LogP contribution in [-0.2, 0) is 0 Å².